The van der Waals surface area contributed by atoms with Crippen LogP contribution in [0.4, 0.5) is 0 Å². The Morgan fingerprint density at radius 2 is 2.37 bits per heavy atom. The summed E-state index contributed by atoms with van der Waals surface area (Å²) in [5.74, 6) is 0.442. The third-order valence-electron chi connectivity index (χ3n) is 3.36. The lowest BCUT2D eigenvalue weighted by molar-refractivity contribution is 0.184. The Kier molecular flexibility index (Phi) is 4.56. The molecule has 0 bridgehead atoms. The number of nitrogens with two attached hydrogens (primary N) is 1. The summed E-state index contributed by atoms with van der Waals surface area (Å²) in [6.07, 6.45) is 1.78. The van der Waals surface area contributed by atoms with E-state index >= 15 is 0 Å². The first kappa shape index (κ1) is 14.4. The maximum Gasteiger partial charge on any atom is 0.260 e. The number of H-pyrrole nitrogens is 1. The fourth-order valence-corrected chi connectivity index (χ4v) is 3.42. The number of nitrogens with zero attached hydrogens (tertiary/aromatic N) is 1. The summed E-state index contributed by atoms with van der Waals surface area (Å²) >= 11 is 0. The maximum atomic E-state index is 12.1. The van der Waals surface area contributed by atoms with Gasteiger partial charge in [0.25, 0.3) is 10.0 Å². The molecule has 0 radical (unpaired) electrons. The van der Waals surface area contributed by atoms with E-state index in [1.165, 1.54) is 0 Å². The van der Waals surface area contributed by atoms with E-state index in [4.69, 9.17) is 10.5 Å². The Labute approximate surface area is 113 Å². The van der Waals surface area contributed by atoms with Gasteiger partial charge in [-0.3, -0.25) is 5.10 Å². The summed E-state index contributed by atoms with van der Waals surface area (Å²) in [4.78, 5) is 0. The molecule has 1 fully saturated rings. The molecule has 2 rings (SSSR count). The van der Waals surface area contributed by atoms with Crippen LogP contribution in [0.2, 0.25) is 0 Å². The van der Waals surface area contributed by atoms with Gasteiger partial charge in [-0.25, -0.2) is 13.1 Å². The Bertz CT molecular complexity index is 520. The highest BCUT2D eigenvalue weighted by molar-refractivity contribution is 7.89. The van der Waals surface area contributed by atoms with Crippen molar-refractivity contribution >= 4 is 10.0 Å². The summed E-state index contributed by atoms with van der Waals surface area (Å²) in [7, 11) is -3.59. The number of sulfonamides is 1. The minimum atomic E-state index is -3.59. The number of aromatic nitrogens is 2. The van der Waals surface area contributed by atoms with Crippen molar-refractivity contribution in [3.63, 3.8) is 0 Å². The first-order valence-electron chi connectivity index (χ1n) is 6.36. The van der Waals surface area contributed by atoms with Crippen LogP contribution in [0.5, 0.6) is 0 Å². The average Bonchev–Trinajstić information content (AvgIpc) is 2.98. The van der Waals surface area contributed by atoms with Gasteiger partial charge >= 0.3 is 0 Å². The topological polar surface area (TPSA) is 110 Å². The van der Waals surface area contributed by atoms with E-state index in [9.17, 15) is 8.42 Å². The van der Waals surface area contributed by atoms with E-state index in [0.717, 1.165) is 26.1 Å². The predicted octanol–water partition coefficient (Wildman–Crippen LogP) is -0.118. The molecule has 0 amide bonds. The molecule has 108 valence electrons. The zero-order valence-corrected chi connectivity index (χ0v) is 11.8. The standard InChI is InChI=1S/C11H20N4O3S/c1-8-10(6-12)11(15-14-8)19(16,17)13-4-2-9-3-5-18-7-9/h9,13H,2-7,12H2,1H3,(H,14,15). The summed E-state index contributed by atoms with van der Waals surface area (Å²) in [6.45, 7) is 3.79. The number of aryl methyl sites for hydroxylation is 1. The zero-order valence-electron chi connectivity index (χ0n) is 11.0. The van der Waals surface area contributed by atoms with Crippen LogP contribution in [-0.2, 0) is 21.3 Å². The molecule has 1 aliphatic heterocycles. The molecule has 1 aromatic heterocycles. The molecular weight excluding hydrogens is 268 g/mol. The highest BCUT2D eigenvalue weighted by Crippen LogP contribution is 2.17. The van der Waals surface area contributed by atoms with E-state index in [-0.39, 0.29) is 11.6 Å². The van der Waals surface area contributed by atoms with Crippen molar-refractivity contribution in [1.82, 2.24) is 14.9 Å². The average molecular weight is 288 g/mol. The molecule has 0 spiro atoms. The second-order valence-corrected chi connectivity index (χ2v) is 6.43. The minimum absolute atomic E-state index is 0.00942. The van der Waals surface area contributed by atoms with Crippen LogP contribution in [0, 0.1) is 12.8 Å². The Balaban J connectivity index is 1.97. The van der Waals surface area contributed by atoms with Crippen molar-refractivity contribution in [2.75, 3.05) is 19.8 Å². The van der Waals surface area contributed by atoms with Gasteiger partial charge in [-0.2, -0.15) is 5.10 Å². The first-order chi connectivity index (χ1) is 9.04. The van der Waals surface area contributed by atoms with Crippen molar-refractivity contribution in [2.24, 2.45) is 11.7 Å². The van der Waals surface area contributed by atoms with E-state index in [2.05, 4.69) is 14.9 Å². The molecule has 0 saturated carbocycles. The molecule has 1 saturated heterocycles. The third kappa shape index (κ3) is 3.33. The van der Waals surface area contributed by atoms with Gasteiger partial charge in [-0.05, 0) is 25.7 Å². The summed E-state index contributed by atoms with van der Waals surface area (Å²) in [5.41, 5.74) is 6.78. The fraction of sp³-hybridized carbons (Fsp3) is 0.727. The van der Waals surface area contributed by atoms with Crippen LogP contribution >= 0.6 is 0 Å². The van der Waals surface area contributed by atoms with Gasteiger partial charge in [0.1, 0.15) is 0 Å². The Morgan fingerprint density at radius 3 is 3.00 bits per heavy atom. The molecule has 7 nitrogen and oxygen atoms in total. The number of rotatable bonds is 6. The highest BCUT2D eigenvalue weighted by atomic mass is 32.2. The molecular formula is C11H20N4O3S. The maximum absolute atomic E-state index is 12.1. The summed E-state index contributed by atoms with van der Waals surface area (Å²) < 4.78 is 32.1. The van der Waals surface area contributed by atoms with Crippen LogP contribution in [-0.4, -0.2) is 38.4 Å². The fourth-order valence-electron chi connectivity index (χ4n) is 2.17. The van der Waals surface area contributed by atoms with Crippen LogP contribution in [0.25, 0.3) is 0 Å². The van der Waals surface area contributed by atoms with Crippen LogP contribution in [0.15, 0.2) is 5.03 Å². The van der Waals surface area contributed by atoms with Crippen LogP contribution < -0.4 is 10.5 Å². The zero-order chi connectivity index (χ0) is 13.9. The normalized spacial score (nSPS) is 20.0. The van der Waals surface area contributed by atoms with Gasteiger partial charge in [-0.1, -0.05) is 0 Å². The van der Waals surface area contributed by atoms with Crippen molar-refractivity contribution in [3.8, 4) is 0 Å². The second-order valence-electron chi connectivity index (χ2n) is 4.75. The van der Waals surface area contributed by atoms with E-state index in [1.54, 1.807) is 6.92 Å². The highest BCUT2D eigenvalue weighted by Gasteiger charge is 2.23. The largest absolute Gasteiger partial charge is 0.381 e. The van der Waals surface area contributed by atoms with Crippen molar-refractivity contribution in [2.45, 2.75) is 31.3 Å². The lowest BCUT2D eigenvalue weighted by Gasteiger charge is -2.09. The molecule has 0 aromatic carbocycles. The van der Waals surface area contributed by atoms with Gasteiger partial charge in [-0.15, -0.1) is 0 Å². The van der Waals surface area contributed by atoms with Gasteiger partial charge in [0, 0.05) is 37.6 Å². The number of hydrogen-bond donors (Lipinski definition) is 3. The molecule has 8 heteroatoms. The molecule has 0 aliphatic carbocycles. The molecule has 2 heterocycles. The number of nitrogens with one attached hydrogen (secondary N) is 2. The van der Waals surface area contributed by atoms with Gasteiger partial charge in [0.05, 0.1) is 0 Å². The molecule has 1 aliphatic rings. The number of ether oxygens (including phenoxy) is 1. The number of hydrogen-bond acceptors (Lipinski definition) is 5. The lowest BCUT2D eigenvalue weighted by atomic mass is 10.1. The minimum Gasteiger partial charge on any atom is -0.381 e. The van der Waals surface area contributed by atoms with E-state index in [1.807, 2.05) is 0 Å². The molecule has 19 heavy (non-hydrogen) atoms. The summed E-state index contributed by atoms with van der Waals surface area (Å²) in [5, 5.41) is 6.49. The Morgan fingerprint density at radius 1 is 1.58 bits per heavy atom. The second kappa shape index (κ2) is 6.00. The SMILES string of the molecule is Cc1[nH]nc(S(=O)(=O)NCCC2CCOC2)c1CN. The molecule has 4 N–H and O–H groups in total. The quantitative estimate of drug-likeness (QED) is 0.676. The van der Waals surface area contributed by atoms with Crippen molar-refractivity contribution in [3.05, 3.63) is 11.3 Å². The molecule has 1 aromatic rings. The molecule has 1 unspecified atom stereocenters. The Hall–Kier alpha value is -0.960. The van der Waals surface area contributed by atoms with Gasteiger partial charge in [0.15, 0.2) is 5.03 Å². The smallest absolute Gasteiger partial charge is 0.260 e. The lowest BCUT2D eigenvalue weighted by Crippen LogP contribution is -2.27. The van der Waals surface area contributed by atoms with Crippen LogP contribution in [0.3, 0.4) is 0 Å². The van der Waals surface area contributed by atoms with E-state index in [0.29, 0.717) is 23.7 Å². The van der Waals surface area contributed by atoms with Crippen LogP contribution in [0.1, 0.15) is 24.1 Å². The third-order valence-corrected chi connectivity index (χ3v) is 4.79. The van der Waals surface area contributed by atoms with Gasteiger partial charge < -0.3 is 10.5 Å². The van der Waals surface area contributed by atoms with Crippen molar-refractivity contribution < 1.29 is 13.2 Å². The molecule has 1 atom stereocenters. The predicted molar refractivity (Wildman–Crippen MR) is 69.9 cm³/mol. The number of aromatic amines is 1. The van der Waals surface area contributed by atoms with Crippen molar-refractivity contribution in [1.29, 1.82) is 0 Å². The summed E-state index contributed by atoms with van der Waals surface area (Å²) in [6, 6.07) is 0. The van der Waals surface area contributed by atoms with E-state index < -0.39 is 10.0 Å². The monoisotopic (exact) mass is 288 g/mol. The first-order valence-corrected chi connectivity index (χ1v) is 7.84. The van der Waals surface area contributed by atoms with Gasteiger partial charge in [0.2, 0.25) is 0 Å².